The van der Waals surface area contributed by atoms with Gasteiger partial charge in [0.05, 0.1) is 16.8 Å². The summed E-state index contributed by atoms with van der Waals surface area (Å²) in [7, 11) is 0.731. The van der Waals surface area contributed by atoms with Gasteiger partial charge >= 0.3 is 0 Å². The molecule has 0 N–H and O–H groups in total. The van der Waals surface area contributed by atoms with Crippen molar-refractivity contribution >= 4 is 25.3 Å². The van der Waals surface area contributed by atoms with Gasteiger partial charge in [0.15, 0.2) is 0 Å². The van der Waals surface area contributed by atoms with Gasteiger partial charge in [0, 0.05) is 39.5 Å². The average Bonchev–Trinajstić information content (AvgIpc) is 3.43. The number of ether oxygens (including phenoxy) is 1. The molecule has 0 bridgehead atoms. The van der Waals surface area contributed by atoms with Crippen LogP contribution in [0, 0.1) is 0 Å². The maximum atomic E-state index is 5.97. The zero-order valence-corrected chi connectivity index (χ0v) is 22.0. The summed E-state index contributed by atoms with van der Waals surface area (Å²) in [6, 6.07) is 18.1. The van der Waals surface area contributed by atoms with E-state index in [2.05, 4.69) is 83.3 Å². The summed E-state index contributed by atoms with van der Waals surface area (Å²) in [5.74, 6) is 0. The Morgan fingerprint density at radius 2 is 1.80 bits per heavy atom. The standard InChI is InChI=1S/C28H33N5OSi/c1-29-18-28(16-21-8-5-6-9-22(21)17-28)25-11-7-10-24(32-25)26-23-12-13-33(27(23)31-19-30-26)20-34-14-15-35(2,3)4/h5-13,18-19H,14-17,20H2,1-4H3/b29-18+. The lowest BCUT2D eigenvalue weighted by Gasteiger charge is -2.24. The minimum atomic E-state index is -1.11. The molecule has 0 aliphatic heterocycles. The van der Waals surface area contributed by atoms with Gasteiger partial charge in [-0.3, -0.25) is 9.98 Å². The van der Waals surface area contributed by atoms with Crippen LogP contribution in [0.25, 0.3) is 22.4 Å². The SMILES string of the molecule is C/N=C/C1(c2cccc(-c3ncnc4c3ccn4COCC[Si](C)(C)C)n2)Cc2ccccc2C1. The molecule has 0 radical (unpaired) electrons. The van der Waals surface area contributed by atoms with Crippen molar-refractivity contribution in [3.05, 3.63) is 77.9 Å². The zero-order chi connectivity index (χ0) is 24.5. The molecule has 0 saturated carbocycles. The number of fused-ring (bicyclic) bond motifs is 2. The molecule has 0 fully saturated rings. The van der Waals surface area contributed by atoms with E-state index in [1.807, 2.05) is 23.9 Å². The van der Waals surface area contributed by atoms with Crippen molar-refractivity contribution in [3.8, 4) is 11.4 Å². The zero-order valence-electron chi connectivity index (χ0n) is 21.0. The Morgan fingerprint density at radius 1 is 1.03 bits per heavy atom. The highest BCUT2D eigenvalue weighted by Crippen LogP contribution is 2.38. The summed E-state index contributed by atoms with van der Waals surface area (Å²) in [6.07, 6.45) is 7.53. The Labute approximate surface area is 208 Å². The van der Waals surface area contributed by atoms with E-state index in [-0.39, 0.29) is 5.41 Å². The summed E-state index contributed by atoms with van der Waals surface area (Å²) in [5.41, 5.74) is 6.09. The molecule has 3 aromatic heterocycles. The van der Waals surface area contributed by atoms with E-state index in [0.717, 1.165) is 53.6 Å². The van der Waals surface area contributed by atoms with Crippen LogP contribution in [0.2, 0.25) is 25.7 Å². The number of rotatable bonds is 8. The number of nitrogens with zero attached hydrogens (tertiary/aromatic N) is 5. The molecule has 1 aromatic carbocycles. The fourth-order valence-corrected chi connectivity index (χ4v) is 5.68. The largest absolute Gasteiger partial charge is 0.361 e. The third-order valence-electron chi connectivity index (χ3n) is 6.79. The van der Waals surface area contributed by atoms with Crippen LogP contribution in [0.5, 0.6) is 0 Å². The van der Waals surface area contributed by atoms with Crippen LogP contribution in [0.4, 0.5) is 0 Å². The third-order valence-corrected chi connectivity index (χ3v) is 8.50. The number of benzene rings is 1. The fourth-order valence-electron chi connectivity index (χ4n) is 4.93. The van der Waals surface area contributed by atoms with Gasteiger partial charge in [-0.25, -0.2) is 9.97 Å². The third kappa shape index (κ3) is 4.83. The van der Waals surface area contributed by atoms with Crippen molar-refractivity contribution in [3.63, 3.8) is 0 Å². The number of aromatic nitrogens is 4. The molecule has 6 nitrogen and oxygen atoms in total. The highest BCUT2D eigenvalue weighted by atomic mass is 28.3. The minimum absolute atomic E-state index is 0.239. The van der Waals surface area contributed by atoms with Crippen LogP contribution in [-0.4, -0.2) is 47.5 Å². The summed E-state index contributed by atoms with van der Waals surface area (Å²) in [6.45, 7) is 8.36. The molecule has 180 valence electrons. The second kappa shape index (κ2) is 9.47. The molecule has 3 heterocycles. The first kappa shape index (κ1) is 23.6. The van der Waals surface area contributed by atoms with Gasteiger partial charge in [0.25, 0.3) is 0 Å². The van der Waals surface area contributed by atoms with Crippen LogP contribution >= 0.6 is 0 Å². The molecule has 4 aromatic rings. The van der Waals surface area contributed by atoms with Crippen LogP contribution < -0.4 is 0 Å². The van der Waals surface area contributed by atoms with E-state index >= 15 is 0 Å². The molecule has 0 spiro atoms. The van der Waals surface area contributed by atoms with E-state index in [4.69, 9.17) is 9.72 Å². The first-order chi connectivity index (χ1) is 16.9. The number of hydrogen-bond acceptors (Lipinski definition) is 5. The van der Waals surface area contributed by atoms with Crippen molar-refractivity contribution < 1.29 is 4.74 Å². The van der Waals surface area contributed by atoms with E-state index in [1.165, 1.54) is 11.1 Å². The molecule has 0 unspecified atom stereocenters. The second-order valence-electron chi connectivity index (χ2n) is 10.7. The van der Waals surface area contributed by atoms with Gasteiger partial charge in [0.1, 0.15) is 24.4 Å². The lowest BCUT2D eigenvalue weighted by Crippen LogP contribution is -2.30. The molecular weight excluding hydrogens is 450 g/mol. The highest BCUT2D eigenvalue weighted by molar-refractivity contribution is 6.76. The van der Waals surface area contributed by atoms with Crippen molar-refractivity contribution in [2.75, 3.05) is 13.7 Å². The van der Waals surface area contributed by atoms with E-state index in [9.17, 15) is 0 Å². The van der Waals surface area contributed by atoms with Gasteiger partial charge < -0.3 is 9.30 Å². The van der Waals surface area contributed by atoms with Crippen molar-refractivity contribution in [1.82, 2.24) is 19.5 Å². The lowest BCUT2D eigenvalue weighted by atomic mass is 9.82. The van der Waals surface area contributed by atoms with E-state index < -0.39 is 8.07 Å². The van der Waals surface area contributed by atoms with E-state index in [1.54, 1.807) is 6.33 Å². The summed E-state index contributed by atoms with van der Waals surface area (Å²) in [5, 5.41) is 0.985. The second-order valence-corrected chi connectivity index (χ2v) is 16.3. The van der Waals surface area contributed by atoms with Crippen LogP contribution in [0.1, 0.15) is 16.8 Å². The molecule has 7 heteroatoms. The maximum absolute atomic E-state index is 5.97. The molecule has 1 aliphatic carbocycles. The molecule has 0 amide bonds. The molecule has 0 saturated heterocycles. The Balaban J connectivity index is 1.45. The topological polar surface area (TPSA) is 65.2 Å². The normalized spacial score (nSPS) is 15.2. The number of hydrogen-bond donors (Lipinski definition) is 0. The molecule has 5 rings (SSSR count). The Morgan fingerprint density at radius 3 is 2.51 bits per heavy atom. The van der Waals surface area contributed by atoms with Crippen molar-refractivity contribution in [2.45, 2.75) is 50.7 Å². The van der Waals surface area contributed by atoms with Gasteiger partial charge in [-0.15, -0.1) is 0 Å². The Kier molecular flexibility index (Phi) is 6.38. The summed E-state index contributed by atoms with van der Waals surface area (Å²) in [4.78, 5) is 18.8. The smallest absolute Gasteiger partial charge is 0.145 e. The van der Waals surface area contributed by atoms with Crippen LogP contribution in [-0.2, 0) is 29.7 Å². The summed E-state index contributed by atoms with van der Waals surface area (Å²) >= 11 is 0. The van der Waals surface area contributed by atoms with Gasteiger partial charge in [-0.2, -0.15) is 0 Å². The summed E-state index contributed by atoms with van der Waals surface area (Å²) < 4.78 is 8.02. The molecule has 0 atom stereocenters. The van der Waals surface area contributed by atoms with Crippen LogP contribution in [0.3, 0.4) is 0 Å². The fraction of sp³-hybridized carbons (Fsp3) is 0.357. The Bertz CT molecular complexity index is 1350. The Hall–Kier alpha value is -3.16. The number of aliphatic imine (C=N–C) groups is 1. The monoisotopic (exact) mass is 483 g/mol. The molecule has 35 heavy (non-hydrogen) atoms. The quantitative estimate of drug-likeness (QED) is 0.187. The first-order valence-electron chi connectivity index (χ1n) is 12.2. The van der Waals surface area contributed by atoms with Crippen molar-refractivity contribution in [1.29, 1.82) is 0 Å². The lowest BCUT2D eigenvalue weighted by molar-refractivity contribution is 0.0899. The molecular formula is C28H33N5OSi. The minimum Gasteiger partial charge on any atom is -0.361 e. The first-order valence-corrected chi connectivity index (χ1v) is 15.9. The molecule has 1 aliphatic rings. The van der Waals surface area contributed by atoms with Gasteiger partial charge in [0.2, 0.25) is 0 Å². The average molecular weight is 484 g/mol. The predicted molar refractivity (Wildman–Crippen MR) is 145 cm³/mol. The van der Waals surface area contributed by atoms with Gasteiger partial charge in [-0.1, -0.05) is 50.0 Å². The highest BCUT2D eigenvalue weighted by Gasteiger charge is 2.38. The van der Waals surface area contributed by atoms with Crippen LogP contribution in [0.15, 0.2) is 66.0 Å². The van der Waals surface area contributed by atoms with Gasteiger partial charge in [-0.05, 0) is 48.2 Å². The maximum Gasteiger partial charge on any atom is 0.145 e. The number of pyridine rings is 1. The van der Waals surface area contributed by atoms with Crippen molar-refractivity contribution in [2.24, 2.45) is 4.99 Å². The predicted octanol–water partition coefficient (Wildman–Crippen LogP) is 5.54. The van der Waals surface area contributed by atoms with E-state index in [0.29, 0.717) is 6.73 Å².